The second-order valence-electron chi connectivity index (χ2n) is 1.69. The molecule has 0 bridgehead atoms. The average Bonchev–Trinajstić information content (AvgIpc) is 2.34. The first-order valence-electron chi connectivity index (χ1n) is 2.95. The van der Waals surface area contributed by atoms with Crippen molar-refractivity contribution in [2.45, 2.75) is 0 Å². The number of hydrogen-bond acceptors (Lipinski definition) is 4. The maximum Gasteiger partial charge on any atom is 0.156 e. The SMILES string of the molecule is OCCSC1=NCCN1. The van der Waals surface area contributed by atoms with Gasteiger partial charge in [0.1, 0.15) is 0 Å². The normalized spacial score (nSPS) is 17.2. The minimum atomic E-state index is 0.228. The van der Waals surface area contributed by atoms with E-state index in [9.17, 15) is 0 Å². The monoisotopic (exact) mass is 146 g/mol. The number of hydrogen-bond donors (Lipinski definition) is 2. The minimum absolute atomic E-state index is 0.228. The molecule has 0 aliphatic carbocycles. The van der Waals surface area contributed by atoms with Crippen LogP contribution in [0.4, 0.5) is 0 Å². The molecule has 3 nitrogen and oxygen atoms in total. The number of aliphatic hydroxyl groups is 1. The molecule has 0 aromatic carbocycles. The van der Waals surface area contributed by atoms with Gasteiger partial charge >= 0.3 is 0 Å². The molecular formula is C5H10N2OS. The molecule has 0 aromatic rings. The van der Waals surface area contributed by atoms with Gasteiger partial charge in [-0.3, -0.25) is 4.99 Å². The fourth-order valence-electron chi connectivity index (χ4n) is 0.615. The van der Waals surface area contributed by atoms with Gasteiger partial charge in [0.25, 0.3) is 0 Å². The van der Waals surface area contributed by atoms with Gasteiger partial charge < -0.3 is 10.4 Å². The van der Waals surface area contributed by atoms with Gasteiger partial charge in [-0.25, -0.2) is 0 Å². The molecule has 0 spiro atoms. The summed E-state index contributed by atoms with van der Waals surface area (Å²) in [6, 6.07) is 0. The zero-order valence-electron chi connectivity index (χ0n) is 5.13. The maximum atomic E-state index is 8.42. The number of amidine groups is 1. The predicted octanol–water partition coefficient (Wildman–Crippen LogP) is -0.329. The predicted molar refractivity (Wildman–Crippen MR) is 39.8 cm³/mol. The highest BCUT2D eigenvalue weighted by Gasteiger charge is 2.02. The largest absolute Gasteiger partial charge is 0.396 e. The lowest BCUT2D eigenvalue weighted by atomic mass is 10.7. The summed E-state index contributed by atoms with van der Waals surface area (Å²) in [5.74, 6) is 0.742. The van der Waals surface area contributed by atoms with Crippen LogP contribution >= 0.6 is 11.8 Å². The molecule has 9 heavy (non-hydrogen) atoms. The van der Waals surface area contributed by atoms with Crippen molar-refractivity contribution in [3.63, 3.8) is 0 Å². The highest BCUT2D eigenvalue weighted by Crippen LogP contribution is 2.03. The molecule has 1 heterocycles. The van der Waals surface area contributed by atoms with Crippen LogP contribution in [-0.4, -0.2) is 35.7 Å². The van der Waals surface area contributed by atoms with Gasteiger partial charge in [-0.1, -0.05) is 11.8 Å². The first-order chi connectivity index (χ1) is 4.43. The summed E-state index contributed by atoms with van der Waals surface area (Å²) in [7, 11) is 0. The molecule has 1 rings (SSSR count). The van der Waals surface area contributed by atoms with Gasteiger partial charge in [-0.05, 0) is 0 Å². The first kappa shape index (κ1) is 6.89. The third kappa shape index (κ3) is 2.24. The Balaban J connectivity index is 2.11. The third-order valence-electron chi connectivity index (χ3n) is 0.974. The van der Waals surface area contributed by atoms with Crippen LogP contribution < -0.4 is 5.32 Å². The number of nitrogens with one attached hydrogen (secondary N) is 1. The van der Waals surface area contributed by atoms with E-state index in [1.165, 1.54) is 0 Å². The van der Waals surface area contributed by atoms with Crippen LogP contribution in [-0.2, 0) is 0 Å². The van der Waals surface area contributed by atoms with E-state index in [2.05, 4.69) is 10.3 Å². The van der Waals surface area contributed by atoms with E-state index in [0.717, 1.165) is 24.0 Å². The van der Waals surface area contributed by atoms with E-state index in [0.29, 0.717) is 0 Å². The van der Waals surface area contributed by atoms with Crippen molar-refractivity contribution in [2.75, 3.05) is 25.4 Å². The Kier molecular flexibility index (Phi) is 2.86. The third-order valence-corrected chi connectivity index (χ3v) is 1.91. The minimum Gasteiger partial charge on any atom is -0.396 e. The van der Waals surface area contributed by atoms with Crippen LogP contribution in [0.1, 0.15) is 0 Å². The molecule has 52 valence electrons. The van der Waals surface area contributed by atoms with E-state index < -0.39 is 0 Å². The molecule has 0 amide bonds. The number of rotatable bonds is 2. The van der Waals surface area contributed by atoms with Gasteiger partial charge in [0.15, 0.2) is 5.17 Å². The molecule has 2 N–H and O–H groups in total. The van der Waals surface area contributed by atoms with Crippen LogP contribution in [0.2, 0.25) is 0 Å². The lowest BCUT2D eigenvalue weighted by molar-refractivity contribution is 0.323. The quantitative estimate of drug-likeness (QED) is 0.561. The Bertz CT molecular complexity index is 116. The van der Waals surface area contributed by atoms with Crippen LogP contribution in [0.3, 0.4) is 0 Å². The van der Waals surface area contributed by atoms with Gasteiger partial charge in [0.2, 0.25) is 0 Å². The second-order valence-corrected chi connectivity index (χ2v) is 2.77. The molecule has 4 heteroatoms. The van der Waals surface area contributed by atoms with Crippen molar-refractivity contribution < 1.29 is 5.11 Å². The summed E-state index contributed by atoms with van der Waals surface area (Å²) in [6.07, 6.45) is 0. The molecule has 0 unspecified atom stereocenters. The van der Waals surface area contributed by atoms with Crippen LogP contribution in [0, 0.1) is 0 Å². The highest BCUT2D eigenvalue weighted by atomic mass is 32.2. The highest BCUT2D eigenvalue weighted by molar-refractivity contribution is 8.13. The standard InChI is InChI=1S/C5H10N2OS/c8-3-4-9-5-6-1-2-7-5/h8H,1-4H2,(H,6,7). The van der Waals surface area contributed by atoms with E-state index in [1.54, 1.807) is 11.8 Å². The van der Waals surface area contributed by atoms with Crippen molar-refractivity contribution in [1.29, 1.82) is 0 Å². The summed E-state index contributed by atoms with van der Waals surface area (Å²) in [6.45, 7) is 2.06. The van der Waals surface area contributed by atoms with Crippen molar-refractivity contribution in [2.24, 2.45) is 4.99 Å². The van der Waals surface area contributed by atoms with Crippen LogP contribution in [0.15, 0.2) is 4.99 Å². The van der Waals surface area contributed by atoms with Gasteiger partial charge in [-0.15, -0.1) is 0 Å². The molecule has 0 radical (unpaired) electrons. The Morgan fingerprint density at radius 3 is 3.22 bits per heavy atom. The van der Waals surface area contributed by atoms with Crippen LogP contribution in [0.5, 0.6) is 0 Å². The fraction of sp³-hybridized carbons (Fsp3) is 0.800. The van der Waals surface area contributed by atoms with Crippen LogP contribution in [0.25, 0.3) is 0 Å². The van der Waals surface area contributed by atoms with Gasteiger partial charge in [0.05, 0.1) is 13.2 Å². The van der Waals surface area contributed by atoms with E-state index in [1.807, 2.05) is 0 Å². The zero-order chi connectivity index (χ0) is 6.53. The summed E-state index contributed by atoms with van der Waals surface area (Å²) in [5.41, 5.74) is 0. The van der Waals surface area contributed by atoms with E-state index in [4.69, 9.17) is 5.11 Å². The summed E-state index contributed by atoms with van der Waals surface area (Å²) in [4.78, 5) is 4.13. The van der Waals surface area contributed by atoms with Crippen molar-refractivity contribution in [3.05, 3.63) is 0 Å². The van der Waals surface area contributed by atoms with Crippen molar-refractivity contribution in [3.8, 4) is 0 Å². The van der Waals surface area contributed by atoms with Gasteiger partial charge in [0, 0.05) is 12.3 Å². The molecule has 1 aliphatic rings. The maximum absolute atomic E-state index is 8.42. The fourth-order valence-corrected chi connectivity index (χ4v) is 1.29. The van der Waals surface area contributed by atoms with Crippen molar-refractivity contribution in [1.82, 2.24) is 5.32 Å². The lowest BCUT2D eigenvalue weighted by Crippen LogP contribution is -2.15. The van der Waals surface area contributed by atoms with E-state index in [-0.39, 0.29) is 6.61 Å². The van der Waals surface area contributed by atoms with Gasteiger partial charge in [-0.2, -0.15) is 0 Å². The smallest absolute Gasteiger partial charge is 0.156 e. The average molecular weight is 146 g/mol. The summed E-state index contributed by atoms with van der Waals surface area (Å²) >= 11 is 1.57. The molecule has 0 saturated heterocycles. The number of thioether (sulfide) groups is 1. The topological polar surface area (TPSA) is 44.6 Å². The summed E-state index contributed by atoms with van der Waals surface area (Å²) in [5, 5.41) is 12.5. The Morgan fingerprint density at radius 2 is 2.67 bits per heavy atom. The first-order valence-corrected chi connectivity index (χ1v) is 3.94. The van der Waals surface area contributed by atoms with Crippen molar-refractivity contribution >= 4 is 16.9 Å². The molecule has 0 saturated carbocycles. The zero-order valence-corrected chi connectivity index (χ0v) is 5.95. The van der Waals surface area contributed by atoms with E-state index >= 15 is 0 Å². The Morgan fingerprint density at radius 1 is 1.78 bits per heavy atom. The number of nitrogens with zero attached hydrogens (tertiary/aromatic N) is 1. The summed E-state index contributed by atoms with van der Waals surface area (Å²) < 4.78 is 0. The molecular weight excluding hydrogens is 136 g/mol. The molecule has 0 fully saturated rings. The molecule has 1 aliphatic heterocycles. The Labute approximate surface area is 58.6 Å². The molecule has 0 aromatic heterocycles. The molecule has 0 atom stereocenters. The Hall–Kier alpha value is -0.220. The number of aliphatic hydroxyl groups excluding tert-OH is 1. The second kappa shape index (κ2) is 3.74. The lowest BCUT2D eigenvalue weighted by Gasteiger charge is -1.96. The number of aliphatic imine (C=N–C) groups is 1.